The fourth-order valence-electron chi connectivity index (χ4n) is 3.42. The zero-order valence-corrected chi connectivity index (χ0v) is 16.6. The molecular formula is C23H23FN4O2. The first kappa shape index (κ1) is 19.8. The molecule has 4 rings (SSSR count). The molecule has 7 heteroatoms. The molecule has 1 saturated heterocycles. The molecule has 0 saturated carbocycles. The smallest absolute Gasteiger partial charge is 0.225 e. The van der Waals surface area contributed by atoms with Crippen molar-refractivity contribution in [1.82, 2.24) is 14.9 Å². The second-order valence-corrected chi connectivity index (χ2v) is 7.12. The van der Waals surface area contributed by atoms with Gasteiger partial charge in [-0.1, -0.05) is 12.1 Å². The van der Waals surface area contributed by atoms with Gasteiger partial charge in [-0.25, -0.2) is 14.4 Å². The lowest BCUT2D eigenvalue weighted by Gasteiger charge is -2.34. The molecule has 2 heterocycles. The van der Waals surface area contributed by atoms with E-state index in [-0.39, 0.29) is 11.7 Å². The number of ether oxygens (including phenoxy) is 1. The first-order valence-electron chi connectivity index (χ1n) is 9.99. The van der Waals surface area contributed by atoms with E-state index in [2.05, 4.69) is 14.9 Å². The lowest BCUT2D eigenvalue weighted by Crippen LogP contribution is -2.49. The standard InChI is InChI=1S/C23H23FN4O2/c24-19-6-8-20(9-7-19)30-21-4-1-3-18(17-21)5-10-22(29)27-13-15-28(16-14-27)23-25-11-2-12-26-23/h1-4,6-9,11-12,17H,5,10,13-16H2. The molecule has 0 bridgehead atoms. The van der Waals surface area contributed by atoms with Crippen LogP contribution in [0.4, 0.5) is 10.3 Å². The van der Waals surface area contributed by atoms with Crippen LogP contribution in [0.15, 0.2) is 67.0 Å². The minimum Gasteiger partial charge on any atom is -0.457 e. The van der Waals surface area contributed by atoms with Crippen LogP contribution in [0.2, 0.25) is 0 Å². The third kappa shape index (κ3) is 5.11. The molecule has 0 radical (unpaired) electrons. The largest absolute Gasteiger partial charge is 0.457 e. The Morgan fingerprint density at radius 2 is 1.67 bits per heavy atom. The van der Waals surface area contributed by atoms with Gasteiger partial charge in [-0.2, -0.15) is 0 Å². The number of aryl methyl sites for hydroxylation is 1. The number of halogens is 1. The van der Waals surface area contributed by atoms with Crippen molar-refractivity contribution in [3.8, 4) is 11.5 Å². The van der Waals surface area contributed by atoms with Gasteiger partial charge < -0.3 is 14.5 Å². The van der Waals surface area contributed by atoms with Crippen molar-refractivity contribution in [2.24, 2.45) is 0 Å². The van der Waals surface area contributed by atoms with Gasteiger partial charge in [0.1, 0.15) is 17.3 Å². The van der Waals surface area contributed by atoms with Gasteiger partial charge in [0.2, 0.25) is 11.9 Å². The summed E-state index contributed by atoms with van der Waals surface area (Å²) in [7, 11) is 0. The van der Waals surface area contributed by atoms with E-state index in [1.54, 1.807) is 30.6 Å². The van der Waals surface area contributed by atoms with E-state index in [0.29, 0.717) is 43.4 Å². The number of anilines is 1. The number of amides is 1. The van der Waals surface area contributed by atoms with Gasteiger partial charge in [-0.15, -0.1) is 0 Å². The SMILES string of the molecule is O=C(CCc1cccc(Oc2ccc(F)cc2)c1)N1CCN(c2ncccn2)CC1. The number of nitrogens with zero attached hydrogens (tertiary/aromatic N) is 4. The molecule has 1 fully saturated rings. The monoisotopic (exact) mass is 406 g/mol. The van der Waals surface area contributed by atoms with Crippen LogP contribution in [0.3, 0.4) is 0 Å². The van der Waals surface area contributed by atoms with E-state index in [4.69, 9.17) is 4.74 Å². The summed E-state index contributed by atoms with van der Waals surface area (Å²) in [6.07, 6.45) is 4.55. The molecule has 0 unspecified atom stereocenters. The number of hydrogen-bond acceptors (Lipinski definition) is 5. The van der Waals surface area contributed by atoms with Crippen LogP contribution in [0, 0.1) is 5.82 Å². The van der Waals surface area contributed by atoms with Crippen LogP contribution in [-0.2, 0) is 11.2 Å². The number of benzene rings is 2. The topological polar surface area (TPSA) is 58.6 Å². The molecule has 0 spiro atoms. The Morgan fingerprint density at radius 1 is 0.933 bits per heavy atom. The summed E-state index contributed by atoms with van der Waals surface area (Å²) in [4.78, 5) is 25.2. The summed E-state index contributed by atoms with van der Waals surface area (Å²) in [6.45, 7) is 2.81. The van der Waals surface area contributed by atoms with Gasteiger partial charge in [-0.3, -0.25) is 4.79 Å². The first-order valence-corrected chi connectivity index (χ1v) is 9.99. The van der Waals surface area contributed by atoms with E-state index < -0.39 is 0 Å². The Balaban J connectivity index is 1.27. The van der Waals surface area contributed by atoms with Gasteiger partial charge in [0, 0.05) is 45.0 Å². The molecule has 0 N–H and O–H groups in total. The second kappa shape index (κ2) is 9.35. The average Bonchev–Trinajstić information content (AvgIpc) is 2.80. The third-order valence-corrected chi connectivity index (χ3v) is 5.04. The fourth-order valence-corrected chi connectivity index (χ4v) is 3.42. The average molecular weight is 406 g/mol. The summed E-state index contributed by atoms with van der Waals surface area (Å²) in [5.41, 5.74) is 1.03. The molecule has 6 nitrogen and oxygen atoms in total. The molecule has 3 aromatic rings. The van der Waals surface area contributed by atoms with Crippen LogP contribution >= 0.6 is 0 Å². The maximum absolute atomic E-state index is 13.0. The van der Waals surface area contributed by atoms with Crippen molar-refractivity contribution < 1.29 is 13.9 Å². The van der Waals surface area contributed by atoms with E-state index >= 15 is 0 Å². The maximum Gasteiger partial charge on any atom is 0.225 e. The molecular weight excluding hydrogens is 383 g/mol. The Kier molecular flexibility index (Phi) is 6.17. The third-order valence-electron chi connectivity index (χ3n) is 5.04. The summed E-state index contributed by atoms with van der Waals surface area (Å²) >= 11 is 0. The predicted octanol–water partition coefficient (Wildman–Crippen LogP) is 3.69. The van der Waals surface area contributed by atoms with Crippen molar-refractivity contribution >= 4 is 11.9 Å². The normalized spacial score (nSPS) is 13.9. The zero-order valence-electron chi connectivity index (χ0n) is 16.6. The van der Waals surface area contributed by atoms with Crippen LogP contribution in [-0.4, -0.2) is 47.0 Å². The van der Waals surface area contributed by atoms with Gasteiger partial charge in [0.25, 0.3) is 0 Å². The first-order chi connectivity index (χ1) is 14.7. The Labute approximate surface area is 174 Å². The van der Waals surface area contributed by atoms with Gasteiger partial charge >= 0.3 is 0 Å². The molecule has 0 aliphatic carbocycles. The summed E-state index contributed by atoms with van der Waals surface area (Å²) in [5.74, 6) is 1.80. The molecule has 154 valence electrons. The Morgan fingerprint density at radius 3 is 2.40 bits per heavy atom. The lowest BCUT2D eigenvalue weighted by molar-refractivity contribution is -0.131. The predicted molar refractivity (Wildman–Crippen MR) is 112 cm³/mol. The summed E-state index contributed by atoms with van der Waals surface area (Å²) in [6, 6.07) is 15.3. The number of piperazine rings is 1. The molecule has 1 aromatic heterocycles. The highest BCUT2D eigenvalue weighted by Gasteiger charge is 2.22. The van der Waals surface area contributed by atoms with E-state index in [0.717, 1.165) is 18.7 Å². The summed E-state index contributed by atoms with van der Waals surface area (Å²) < 4.78 is 18.8. The quantitative estimate of drug-likeness (QED) is 0.625. The minimum atomic E-state index is -0.299. The van der Waals surface area contributed by atoms with Crippen LogP contribution in [0.1, 0.15) is 12.0 Å². The number of aromatic nitrogens is 2. The molecule has 1 aliphatic rings. The van der Waals surface area contributed by atoms with Crippen molar-refractivity contribution in [1.29, 1.82) is 0 Å². The second-order valence-electron chi connectivity index (χ2n) is 7.12. The van der Waals surface area contributed by atoms with E-state index in [1.807, 2.05) is 29.2 Å². The summed E-state index contributed by atoms with van der Waals surface area (Å²) in [5, 5.41) is 0. The number of rotatable bonds is 6. The van der Waals surface area contributed by atoms with Crippen molar-refractivity contribution in [2.75, 3.05) is 31.1 Å². The number of hydrogen-bond donors (Lipinski definition) is 0. The Bertz CT molecular complexity index is 974. The lowest BCUT2D eigenvalue weighted by atomic mass is 10.1. The number of carbonyl (C=O) groups is 1. The molecule has 1 aliphatic heterocycles. The molecule has 1 amide bonds. The molecule has 2 aromatic carbocycles. The maximum atomic E-state index is 13.0. The van der Waals surface area contributed by atoms with E-state index in [9.17, 15) is 9.18 Å². The fraction of sp³-hybridized carbons (Fsp3) is 0.261. The van der Waals surface area contributed by atoms with Gasteiger partial charge in [0.15, 0.2) is 0 Å². The van der Waals surface area contributed by atoms with Crippen molar-refractivity contribution in [3.63, 3.8) is 0 Å². The highest BCUT2D eigenvalue weighted by atomic mass is 19.1. The molecule has 30 heavy (non-hydrogen) atoms. The zero-order chi connectivity index (χ0) is 20.8. The minimum absolute atomic E-state index is 0.147. The van der Waals surface area contributed by atoms with Crippen LogP contribution in [0.5, 0.6) is 11.5 Å². The van der Waals surface area contributed by atoms with E-state index in [1.165, 1.54) is 12.1 Å². The van der Waals surface area contributed by atoms with Crippen molar-refractivity contribution in [3.05, 3.63) is 78.4 Å². The van der Waals surface area contributed by atoms with Crippen molar-refractivity contribution in [2.45, 2.75) is 12.8 Å². The number of carbonyl (C=O) groups excluding carboxylic acids is 1. The highest BCUT2D eigenvalue weighted by molar-refractivity contribution is 5.76. The Hall–Kier alpha value is -3.48. The van der Waals surface area contributed by atoms with Gasteiger partial charge in [-0.05, 0) is 54.4 Å². The molecule has 0 atom stereocenters. The highest BCUT2D eigenvalue weighted by Crippen LogP contribution is 2.23. The van der Waals surface area contributed by atoms with Gasteiger partial charge in [0.05, 0.1) is 0 Å². The van der Waals surface area contributed by atoms with Crippen LogP contribution < -0.4 is 9.64 Å². The van der Waals surface area contributed by atoms with Crippen LogP contribution in [0.25, 0.3) is 0 Å².